The average Bonchev–Trinajstić information content (AvgIpc) is 2.46. The summed E-state index contributed by atoms with van der Waals surface area (Å²) in [6.07, 6.45) is 0. The Bertz CT molecular complexity index is 748. The van der Waals surface area contributed by atoms with Gasteiger partial charge in [-0.1, -0.05) is 12.1 Å². The molecule has 0 aliphatic heterocycles. The predicted octanol–water partition coefficient (Wildman–Crippen LogP) is 1.50. The van der Waals surface area contributed by atoms with Crippen molar-refractivity contribution in [1.29, 1.82) is 0 Å². The first-order chi connectivity index (χ1) is 9.92. The summed E-state index contributed by atoms with van der Waals surface area (Å²) in [5.41, 5.74) is 1.63. The highest BCUT2D eigenvalue weighted by Gasteiger charge is 2.19. The SMILES string of the molecule is Cc1cccc(CNS(=O)(=O)c2cc(CO)ccc2F)n1. The molecule has 0 spiro atoms. The fraction of sp³-hybridized carbons (Fsp3) is 0.214. The Morgan fingerprint density at radius 1 is 1.29 bits per heavy atom. The third-order valence-electron chi connectivity index (χ3n) is 2.86. The fourth-order valence-corrected chi connectivity index (χ4v) is 2.92. The molecule has 2 aromatic rings. The number of rotatable bonds is 5. The molecule has 2 rings (SSSR count). The van der Waals surface area contributed by atoms with Crippen molar-refractivity contribution in [1.82, 2.24) is 9.71 Å². The summed E-state index contributed by atoms with van der Waals surface area (Å²) in [6, 6.07) is 8.69. The molecule has 112 valence electrons. The lowest BCUT2D eigenvalue weighted by Gasteiger charge is -2.09. The zero-order valence-corrected chi connectivity index (χ0v) is 12.2. The molecule has 0 saturated heterocycles. The molecule has 0 unspecified atom stereocenters. The van der Waals surface area contributed by atoms with E-state index in [1.807, 2.05) is 0 Å². The van der Waals surface area contributed by atoms with Crippen LogP contribution in [0.15, 0.2) is 41.3 Å². The molecule has 0 fully saturated rings. The molecule has 1 aromatic carbocycles. The molecule has 21 heavy (non-hydrogen) atoms. The Kier molecular flexibility index (Phi) is 4.66. The summed E-state index contributed by atoms with van der Waals surface area (Å²) in [5, 5.41) is 9.01. The van der Waals surface area contributed by atoms with Crippen LogP contribution in [0.4, 0.5) is 4.39 Å². The molecule has 1 aromatic heterocycles. The molecule has 5 nitrogen and oxygen atoms in total. The second-order valence-electron chi connectivity index (χ2n) is 4.52. The Morgan fingerprint density at radius 3 is 2.71 bits per heavy atom. The first kappa shape index (κ1) is 15.6. The summed E-state index contributed by atoms with van der Waals surface area (Å²) in [4.78, 5) is 3.68. The highest BCUT2D eigenvalue weighted by molar-refractivity contribution is 7.89. The van der Waals surface area contributed by atoms with Crippen LogP contribution in [0.25, 0.3) is 0 Å². The van der Waals surface area contributed by atoms with Gasteiger partial charge in [0.1, 0.15) is 10.7 Å². The number of sulfonamides is 1. The van der Waals surface area contributed by atoms with Crippen molar-refractivity contribution in [2.75, 3.05) is 0 Å². The van der Waals surface area contributed by atoms with E-state index in [2.05, 4.69) is 9.71 Å². The molecule has 0 bridgehead atoms. The van der Waals surface area contributed by atoms with E-state index in [1.165, 1.54) is 6.07 Å². The maximum Gasteiger partial charge on any atom is 0.243 e. The minimum Gasteiger partial charge on any atom is -0.392 e. The monoisotopic (exact) mass is 310 g/mol. The maximum atomic E-state index is 13.7. The van der Waals surface area contributed by atoms with Crippen molar-refractivity contribution in [3.8, 4) is 0 Å². The molecule has 0 amide bonds. The molecular weight excluding hydrogens is 295 g/mol. The minimum atomic E-state index is -4.01. The lowest BCUT2D eigenvalue weighted by Crippen LogP contribution is -2.25. The van der Waals surface area contributed by atoms with Crippen molar-refractivity contribution < 1.29 is 17.9 Å². The van der Waals surface area contributed by atoms with E-state index >= 15 is 0 Å². The number of aryl methyl sites for hydroxylation is 1. The maximum absolute atomic E-state index is 13.7. The normalized spacial score (nSPS) is 11.6. The van der Waals surface area contributed by atoms with E-state index in [-0.39, 0.29) is 13.2 Å². The van der Waals surface area contributed by atoms with Crippen LogP contribution in [-0.2, 0) is 23.2 Å². The third-order valence-corrected chi connectivity index (χ3v) is 4.27. The van der Waals surface area contributed by atoms with Crippen LogP contribution in [-0.4, -0.2) is 18.5 Å². The van der Waals surface area contributed by atoms with Crippen molar-refractivity contribution in [2.45, 2.75) is 25.0 Å². The summed E-state index contributed by atoms with van der Waals surface area (Å²) in [7, 11) is -4.01. The first-order valence-corrected chi connectivity index (χ1v) is 7.72. The van der Waals surface area contributed by atoms with Gasteiger partial charge in [-0.25, -0.2) is 17.5 Å². The Balaban J connectivity index is 2.22. The van der Waals surface area contributed by atoms with Crippen molar-refractivity contribution in [3.63, 3.8) is 0 Å². The molecule has 1 heterocycles. The highest BCUT2D eigenvalue weighted by atomic mass is 32.2. The zero-order chi connectivity index (χ0) is 15.5. The molecule has 2 N–H and O–H groups in total. The standard InChI is InChI=1S/C14H15FN2O3S/c1-10-3-2-4-12(17-10)8-16-21(19,20)14-7-11(9-18)5-6-13(14)15/h2-7,16,18H,8-9H2,1H3. The van der Waals surface area contributed by atoms with Gasteiger partial charge in [0.2, 0.25) is 10.0 Å². The zero-order valence-electron chi connectivity index (χ0n) is 11.4. The van der Waals surface area contributed by atoms with Crippen molar-refractivity contribution >= 4 is 10.0 Å². The van der Waals surface area contributed by atoms with Gasteiger partial charge < -0.3 is 5.11 Å². The molecule has 0 aliphatic rings. The number of hydrogen-bond donors (Lipinski definition) is 2. The summed E-state index contributed by atoms with van der Waals surface area (Å²) in [6.45, 7) is 1.40. The Morgan fingerprint density at radius 2 is 2.05 bits per heavy atom. The molecule has 7 heteroatoms. The van der Waals surface area contributed by atoms with Gasteiger partial charge >= 0.3 is 0 Å². The van der Waals surface area contributed by atoms with Gasteiger partial charge in [-0.15, -0.1) is 0 Å². The topological polar surface area (TPSA) is 79.3 Å². The Hall–Kier alpha value is -1.83. The third kappa shape index (κ3) is 3.84. The summed E-state index contributed by atoms with van der Waals surface area (Å²) >= 11 is 0. The van der Waals surface area contributed by atoms with Gasteiger partial charge in [-0.3, -0.25) is 4.98 Å². The van der Waals surface area contributed by atoms with Crippen LogP contribution in [0.2, 0.25) is 0 Å². The van der Waals surface area contributed by atoms with E-state index in [4.69, 9.17) is 5.11 Å². The van der Waals surface area contributed by atoms with Crippen molar-refractivity contribution in [2.24, 2.45) is 0 Å². The molecule has 0 aliphatic carbocycles. The number of nitrogens with one attached hydrogen (secondary N) is 1. The van der Waals surface area contributed by atoms with Crippen LogP contribution in [0.3, 0.4) is 0 Å². The number of aromatic nitrogens is 1. The van der Waals surface area contributed by atoms with Gasteiger partial charge in [-0.2, -0.15) is 0 Å². The molecular formula is C14H15FN2O3S. The van der Waals surface area contributed by atoms with Crippen LogP contribution in [0, 0.1) is 12.7 Å². The Labute approximate surface area is 122 Å². The fourth-order valence-electron chi connectivity index (χ4n) is 1.80. The summed E-state index contributed by atoms with van der Waals surface area (Å²) in [5.74, 6) is -0.864. The van der Waals surface area contributed by atoms with Gasteiger partial charge in [0, 0.05) is 5.69 Å². The van der Waals surface area contributed by atoms with E-state index in [9.17, 15) is 12.8 Å². The van der Waals surface area contributed by atoms with Gasteiger partial charge in [0.15, 0.2) is 0 Å². The lowest BCUT2D eigenvalue weighted by molar-refractivity contribution is 0.281. The minimum absolute atomic E-state index is 0.0349. The predicted molar refractivity (Wildman–Crippen MR) is 75.3 cm³/mol. The molecule has 0 radical (unpaired) electrons. The quantitative estimate of drug-likeness (QED) is 0.877. The number of hydrogen-bond acceptors (Lipinski definition) is 4. The average molecular weight is 310 g/mol. The lowest BCUT2D eigenvalue weighted by atomic mass is 10.2. The molecule has 0 atom stereocenters. The van der Waals surface area contributed by atoms with E-state index in [1.54, 1.807) is 25.1 Å². The van der Waals surface area contributed by atoms with Gasteiger partial charge in [0.05, 0.1) is 18.8 Å². The van der Waals surface area contributed by atoms with Gasteiger partial charge in [0.25, 0.3) is 0 Å². The second kappa shape index (κ2) is 6.30. The number of pyridine rings is 1. The largest absolute Gasteiger partial charge is 0.392 e. The molecule has 0 saturated carbocycles. The van der Waals surface area contributed by atoms with Gasteiger partial charge in [-0.05, 0) is 36.8 Å². The highest BCUT2D eigenvalue weighted by Crippen LogP contribution is 2.16. The number of halogens is 1. The van der Waals surface area contributed by atoms with E-state index in [0.717, 1.165) is 17.8 Å². The van der Waals surface area contributed by atoms with Crippen LogP contribution in [0.5, 0.6) is 0 Å². The van der Waals surface area contributed by atoms with Crippen LogP contribution >= 0.6 is 0 Å². The van der Waals surface area contributed by atoms with Crippen LogP contribution in [0.1, 0.15) is 17.0 Å². The smallest absolute Gasteiger partial charge is 0.243 e. The first-order valence-electron chi connectivity index (χ1n) is 6.24. The van der Waals surface area contributed by atoms with E-state index in [0.29, 0.717) is 11.3 Å². The number of aliphatic hydroxyl groups excluding tert-OH is 1. The van der Waals surface area contributed by atoms with E-state index < -0.39 is 20.7 Å². The number of nitrogens with zero attached hydrogens (tertiary/aromatic N) is 1. The summed E-state index contributed by atoms with van der Waals surface area (Å²) < 4.78 is 40.2. The van der Waals surface area contributed by atoms with Crippen molar-refractivity contribution in [3.05, 3.63) is 59.2 Å². The second-order valence-corrected chi connectivity index (χ2v) is 6.25. The number of aliphatic hydroxyl groups is 1. The number of benzene rings is 1. The van der Waals surface area contributed by atoms with Crippen LogP contribution < -0.4 is 4.72 Å².